The van der Waals surface area contributed by atoms with E-state index in [9.17, 15) is 9.59 Å². The molecule has 1 amide bonds. The summed E-state index contributed by atoms with van der Waals surface area (Å²) >= 11 is 0. The zero-order valence-electron chi connectivity index (χ0n) is 12.8. The number of hydrogen-bond acceptors (Lipinski definition) is 6. The van der Waals surface area contributed by atoms with Gasteiger partial charge >= 0.3 is 5.97 Å². The van der Waals surface area contributed by atoms with Crippen LogP contribution in [0.4, 0.5) is 5.69 Å². The predicted octanol–water partition coefficient (Wildman–Crippen LogP) is 1.70. The van der Waals surface area contributed by atoms with Crippen LogP contribution in [0, 0.1) is 0 Å². The number of hydrogen-bond donors (Lipinski definition) is 0. The maximum atomic E-state index is 12.2. The van der Waals surface area contributed by atoms with Crippen LogP contribution >= 0.6 is 0 Å². The summed E-state index contributed by atoms with van der Waals surface area (Å²) in [5.41, 5.74) is 0.853. The third-order valence-corrected chi connectivity index (χ3v) is 3.63. The monoisotopic (exact) mass is 315 g/mol. The summed E-state index contributed by atoms with van der Waals surface area (Å²) in [6.07, 6.45) is 0.264. The third kappa shape index (κ3) is 3.39. The number of benzene rings is 1. The van der Waals surface area contributed by atoms with E-state index in [-0.39, 0.29) is 24.1 Å². The Bertz CT molecular complexity index is 698. The minimum absolute atomic E-state index is 0.0198. The Morgan fingerprint density at radius 3 is 2.87 bits per heavy atom. The first-order chi connectivity index (χ1) is 11.2. The lowest BCUT2D eigenvalue weighted by Crippen LogP contribution is -2.24. The Morgan fingerprint density at radius 2 is 2.13 bits per heavy atom. The lowest BCUT2D eigenvalue weighted by Gasteiger charge is -2.15. The highest BCUT2D eigenvalue weighted by Crippen LogP contribution is 2.30. The molecule has 120 valence electrons. The molecule has 3 rings (SSSR count). The average molecular weight is 315 g/mol. The van der Waals surface area contributed by atoms with E-state index in [1.54, 1.807) is 11.8 Å². The van der Waals surface area contributed by atoms with E-state index in [0.717, 1.165) is 5.69 Å². The number of nitrogens with zero attached hydrogens (tertiary/aromatic N) is 3. The summed E-state index contributed by atoms with van der Waals surface area (Å²) in [5, 5.41) is 7.83. The molecule has 1 aromatic heterocycles. The van der Waals surface area contributed by atoms with Gasteiger partial charge in [0.05, 0.1) is 12.5 Å². The van der Waals surface area contributed by atoms with E-state index in [4.69, 9.17) is 9.15 Å². The van der Waals surface area contributed by atoms with Gasteiger partial charge in [0.2, 0.25) is 17.7 Å². The highest BCUT2D eigenvalue weighted by Gasteiger charge is 2.35. The molecule has 2 heterocycles. The molecule has 1 aliphatic heterocycles. The zero-order valence-corrected chi connectivity index (χ0v) is 12.8. The number of amides is 1. The lowest BCUT2D eigenvalue weighted by molar-refractivity contribution is -0.142. The Kier molecular flexibility index (Phi) is 4.36. The molecule has 1 saturated heterocycles. The molecule has 23 heavy (non-hydrogen) atoms. The van der Waals surface area contributed by atoms with Gasteiger partial charge in [0, 0.05) is 18.7 Å². The number of anilines is 1. The van der Waals surface area contributed by atoms with E-state index in [0.29, 0.717) is 25.5 Å². The van der Waals surface area contributed by atoms with Crippen LogP contribution in [0.2, 0.25) is 0 Å². The fraction of sp³-hybridized carbons (Fsp3) is 0.375. The number of rotatable bonds is 5. The van der Waals surface area contributed by atoms with Crippen LogP contribution in [0.25, 0.3) is 0 Å². The first-order valence-electron chi connectivity index (χ1n) is 7.50. The molecule has 7 nitrogen and oxygen atoms in total. The van der Waals surface area contributed by atoms with E-state index >= 15 is 0 Å². The summed E-state index contributed by atoms with van der Waals surface area (Å²) in [4.78, 5) is 25.3. The second-order valence-corrected chi connectivity index (χ2v) is 5.26. The molecular formula is C16H17N3O4. The standard InChI is InChI=1S/C16H17N3O4/c1-2-22-15(21)9-13-17-18-16(23-13)11-8-14(20)19(10-11)12-6-4-3-5-7-12/h3-7,11H,2,8-10H2,1H3. The molecule has 0 spiro atoms. The van der Waals surface area contributed by atoms with Crippen LogP contribution in [0.3, 0.4) is 0 Å². The Morgan fingerprint density at radius 1 is 1.35 bits per heavy atom. The van der Waals surface area contributed by atoms with Crippen molar-refractivity contribution in [2.24, 2.45) is 0 Å². The summed E-state index contributed by atoms with van der Waals surface area (Å²) < 4.78 is 10.4. The SMILES string of the molecule is CCOC(=O)Cc1nnc(C2CC(=O)N(c3ccccc3)C2)o1. The summed E-state index contributed by atoms with van der Waals surface area (Å²) in [6.45, 7) is 2.53. The molecule has 0 aliphatic carbocycles. The van der Waals surface area contributed by atoms with Gasteiger partial charge in [-0.05, 0) is 19.1 Å². The summed E-state index contributed by atoms with van der Waals surface area (Å²) in [7, 11) is 0. The molecule has 1 aromatic carbocycles. The molecule has 0 N–H and O–H groups in total. The average Bonchev–Trinajstić information content (AvgIpc) is 3.15. The fourth-order valence-electron chi connectivity index (χ4n) is 2.57. The molecule has 1 aliphatic rings. The Balaban J connectivity index is 1.68. The van der Waals surface area contributed by atoms with E-state index in [2.05, 4.69) is 10.2 Å². The minimum atomic E-state index is -0.406. The van der Waals surface area contributed by atoms with Crippen LogP contribution in [0.5, 0.6) is 0 Å². The molecule has 1 fully saturated rings. The molecule has 2 aromatic rings. The topological polar surface area (TPSA) is 85.5 Å². The van der Waals surface area contributed by atoms with Crippen LogP contribution < -0.4 is 4.90 Å². The van der Waals surface area contributed by atoms with Crippen molar-refractivity contribution in [3.63, 3.8) is 0 Å². The molecule has 0 saturated carbocycles. The Hall–Kier alpha value is -2.70. The Labute approximate surface area is 133 Å². The van der Waals surface area contributed by atoms with Gasteiger partial charge in [-0.1, -0.05) is 18.2 Å². The van der Waals surface area contributed by atoms with Crippen LogP contribution in [-0.4, -0.2) is 35.2 Å². The molecule has 0 radical (unpaired) electrons. The van der Waals surface area contributed by atoms with E-state index in [1.165, 1.54) is 0 Å². The smallest absolute Gasteiger partial charge is 0.315 e. The maximum absolute atomic E-state index is 12.2. The van der Waals surface area contributed by atoms with Crippen molar-refractivity contribution >= 4 is 17.6 Å². The normalized spacial score (nSPS) is 17.5. The maximum Gasteiger partial charge on any atom is 0.315 e. The van der Waals surface area contributed by atoms with Gasteiger partial charge in [0.25, 0.3) is 0 Å². The van der Waals surface area contributed by atoms with Gasteiger partial charge in [-0.2, -0.15) is 0 Å². The summed E-state index contributed by atoms with van der Waals surface area (Å²) in [5.74, 6) is 0.0498. The highest BCUT2D eigenvalue weighted by atomic mass is 16.5. The van der Waals surface area contributed by atoms with Crippen molar-refractivity contribution in [1.29, 1.82) is 0 Å². The first kappa shape index (κ1) is 15.2. The van der Waals surface area contributed by atoms with Gasteiger partial charge in [0.15, 0.2) is 0 Å². The largest absolute Gasteiger partial charge is 0.466 e. The predicted molar refractivity (Wildman–Crippen MR) is 80.8 cm³/mol. The second-order valence-electron chi connectivity index (χ2n) is 5.26. The van der Waals surface area contributed by atoms with Crippen molar-refractivity contribution in [2.45, 2.75) is 25.7 Å². The fourth-order valence-corrected chi connectivity index (χ4v) is 2.57. The lowest BCUT2D eigenvalue weighted by atomic mass is 10.1. The van der Waals surface area contributed by atoms with Crippen molar-refractivity contribution in [3.8, 4) is 0 Å². The van der Waals surface area contributed by atoms with Gasteiger partial charge in [0.1, 0.15) is 6.42 Å². The first-order valence-corrected chi connectivity index (χ1v) is 7.50. The van der Waals surface area contributed by atoms with Crippen LogP contribution in [0.1, 0.15) is 31.0 Å². The number of esters is 1. The number of para-hydroxylation sites is 1. The molecule has 1 unspecified atom stereocenters. The van der Waals surface area contributed by atoms with Crippen molar-refractivity contribution in [1.82, 2.24) is 10.2 Å². The van der Waals surface area contributed by atoms with Gasteiger partial charge in [-0.3, -0.25) is 9.59 Å². The van der Waals surface area contributed by atoms with Crippen molar-refractivity contribution in [2.75, 3.05) is 18.1 Å². The highest BCUT2D eigenvalue weighted by molar-refractivity contribution is 5.96. The minimum Gasteiger partial charge on any atom is -0.466 e. The van der Waals surface area contributed by atoms with Crippen LogP contribution in [0.15, 0.2) is 34.7 Å². The van der Waals surface area contributed by atoms with E-state index in [1.807, 2.05) is 30.3 Å². The third-order valence-electron chi connectivity index (χ3n) is 3.63. The van der Waals surface area contributed by atoms with Gasteiger partial charge in [-0.15, -0.1) is 10.2 Å². The number of carbonyl (C=O) groups is 2. The van der Waals surface area contributed by atoms with Gasteiger partial charge < -0.3 is 14.1 Å². The molecule has 7 heteroatoms. The van der Waals surface area contributed by atoms with Crippen molar-refractivity contribution in [3.05, 3.63) is 42.1 Å². The molecule has 0 bridgehead atoms. The second kappa shape index (κ2) is 6.60. The van der Waals surface area contributed by atoms with E-state index < -0.39 is 5.97 Å². The quantitative estimate of drug-likeness (QED) is 0.781. The summed E-state index contributed by atoms with van der Waals surface area (Å²) in [6, 6.07) is 9.46. The zero-order chi connectivity index (χ0) is 16.2. The van der Waals surface area contributed by atoms with Crippen molar-refractivity contribution < 1.29 is 18.7 Å². The molecule has 1 atom stereocenters. The number of aromatic nitrogens is 2. The van der Waals surface area contributed by atoms with Crippen LogP contribution in [-0.2, 0) is 20.7 Å². The molecular weight excluding hydrogens is 298 g/mol. The number of ether oxygens (including phenoxy) is 1. The van der Waals surface area contributed by atoms with Gasteiger partial charge in [-0.25, -0.2) is 0 Å². The number of carbonyl (C=O) groups excluding carboxylic acids is 2.